The van der Waals surface area contributed by atoms with Gasteiger partial charge in [-0.25, -0.2) is 0 Å². The molecule has 2 aromatic rings. The highest BCUT2D eigenvalue weighted by Gasteiger charge is 2.32. The van der Waals surface area contributed by atoms with Gasteiger partial charge in [0.15, 0.2) is 5.78 Å². The van der Waals surface area contributed by atoms with Crippen LogP contribution in [-0.4, -0.2) is 43.0 Å². The van der Waals surface area contributed by atoms with Crippen molar-refractivity contribution in [1.82, 2.24) is 5.32 Å². The summed E-state index contributed by atoms with van der Waals surface area (Å²) in [6.07, 6.45) is 4.03. The van der Waals surface area contributed by atoms with Gasteiger partial charge in [0.05, 0.1) is 12.2 Å². The van der Waals surface area contributed by atoms with Gasteiger partial charge in [-0.2, -0.15) is 11.8 Å². The summed E-state index contributed by atoms with van der Waals surface area (Å²) in [4.78, 5) is 24.9. The molecule has 5 nitrogen and oxygen atoms in total. The Morgan fingerprint density at radius 2 is 2.03 bits per heavy atom. The number of allylic oxidation sites excluding steroid dienone is 1. The third kappa shape index (κ3) is 4.76. The van der Waals surface area contributed by atoms with Crippen LogP contribution in [-0.2, 0) is 38.5 Å². The van der Waals surface area contributed by atoms with Crippen LogP contribution in [0.1, 0.15) is 41.2 Å². The van der Waals surface area contributed by atoms with Crippen LogP contribution >= 0.6 is 11.8 Å². The summed E-state index contributed by atoms with van der Waals surface area (Å²) in [7, 11) is 0. The Bertz CT molecular complexity index is 1050. The monoisotopic (exact) mass is 451 g/mol. The Morgan fingerprint density at radius 1 is 1.19 bits per heavy atom. The average Bonchev–Trinajstić information content (AvgIpc) is 3.35. The molecule has 6 heteroatoms. The molecular formula is C26H29NO4S. The minimum Gasteiger partial charge on any atom is -0.487 e. The number of hydrogen-bond donors (Lipinski definition) is 1. The largest absolute Gasteiger partial charge is 0.487 e. The zero-order valence-corrected chi connectivity index (χ0v) is 19.4. The fraction of sp³-hybridized carbons (Fsp3) is 0.385. The molecule has 1 aliphatic heterocycles. The fourth-order valence-electron chi connectivity index (χ4n) is 4.33. The Labute approximate surface area is 193 Å². The fourth-order valence-corrected chi connectivity index (χ4v) is 4.80. The van der Waals surface area contributed by atoms with Crippen LogP contribution < -0.4 is 5.32 Å². The lowest BCUT2D eigenvalue weighted by Crippen LogP contribution is -2.39. The summed E-state index contributed by atoms with van der Waals surface area (Å²) >= 11 is 1.73. The molecule has 4 rings (SSSR count). The van der Waals surface area contributed by atoms with Gasteiger partial charge in [0.1, 0.15) is 18.4 Å². The molecule has 0 amide bonds. The van der Waals surface area contributed by atoms with Crippen molar-refractivity contribution >= 4 is 34.8 Å². The lowest BCUT2D eigenvalue weighted by molar-refractivity contribution is -0.145. The van der Waals surface area contributed by atoms with Crippen LogP contribution in [0, 0.1) is 0 Å². The van der Waals surface area contributed by atoms with Crippen molar-refractivity contribution in [3.05, 3.63) is 70.3 Å². The average molecular weight is 452 g/mol. The molecule has 2 aliphatic rings. The van der Waals surface area contributed by atoms with Crippen LogP contribution in [0.2, 0.25) is 0 Å². The van der Waals surface area contributed by atoms with E-state index in [-0.39, 0.29) is 17.8 Å². The number of benzene rings is 2. The lowest BCUT2D eigenvalue weighted by atomic mass is 9.98. The number of Topliss-reactive ketones (excluding diaryl/α,β-unsaturated/α-hetero) is 1. The zero-order chi connectivity index (χ0) is 22.5. The normalized spacial score (nSPS) is 17.6. The van der Waals surface area contributed by atoms with Gasteiger partial charge in [-0.3, -0.25) is 9.59 Å². The highest BCUT2D eigenvalue weighted by Crippen LogP contribution is 2.40. The van der Waals surface area contributed by atoms with Gasteiger partial charge in [-0.15, -0.1) is 0 Å². The number of thioether (sulfide) groups is 1. The van der Waals surface area contributed by atoms with E-state index in [2.05, 4.69) is 23.5 Å². The van der Waals surface area contributed by atoms with Crippen molar-refractivity contribution in [2.24, 2.45) is 0 Å². The maximum atomic E-state index is 12.7. The van der Waals surface area contributed by atoms with Crippen molar-refractivity contribution in [2.45, 2.75) is 38.8 Å². The molecule has 1 aliphatic carbocycles. The third-order valence-electron chi connectivity index (χ3n) is 5.92. The summed E-state index contributed by atoms with van der Waals surface area (Å²) in [5.74, 6) is 1.56. The molecule has 32 heavy (non-hydrogen) atoms. The van der Waals surface area contributed by atoms with E-state index in [1.807, 2.05) is 37.4 Å². The predicted octanol–water partition coefficient (Wildman–Crippen LogP) is 4.03. The number of nitrogens with one attached hydrogen (secondary N) is 1. The first-order valence-electron chi connectivity index (χ1n) is 11.1. The molecule has 2 aromatic carbocycles. The molecule has 0 fully saturated rings. The highest BCUT2D eigenvalue weighted by atomic mass is 32.2. The van der Waals surface area contributed by atoms with Crippen LogP contribution in [0.25, 0.3) is 11.3 Å². The maximum Gasteiger partial charge on any atom is 0.323 e. The Kier molecular flexibility index (Phi) is 7.33. The first-order chi connectivity index (χ1) is 15.6. The second kappa shape index (κ2) is 10.4. The Hall–Kier alpha value is -2.57. The van der Waals surface area contributed by atoms with Crippen molar-refractivity contribution in [3.8, 4) is 0 Å². The van der Waals surface area contributed by atoms with Crippen molar-refractivity contribution in [3.63, 3.8) is 0 Å². The number of ketones is 1. The number of fused-ring (bicyclic) bond motifs is 2. The van der Waals surface area contributed by atoms with Crippen molar-refractivity contribution < 1.29 is 19.1 Å². The van der Waals surface area contributed by atoms with Gasteiger partial charge < -0.3 is 14.8 Å². The van der Waals surface area contributed by atoms with Gasteiger partial charge in [0, 0.05) is 17.5 Å². The molecule has 0 radical (unpaired) electrons. The van der Waals surface area contributed by atoms with E-state index in [4.69, 9.17) is 9.47 Å². The molecule has 0 bridgehead atoms. The maximum absolute atomic E-state index is 12.7. The Balaban J connectivity index is 1.45. The minimum absolute atomic E-state index is 0.123. The number of esters is 1. The second-order valence-corrected chi connectivity index (χ2v) is 9.02. The van der Waals surface area contributed by atoms with E-state index in [0.717, 1.165) is 40.8 Å². The number of ether oxygens (including phenoxy) is 2. The summed E-state index contributed by atoms with van der Waals surface area (Å²) in [6.45, 7) is 3.39. The van der Waals surface area contributed by atoms with Crippen molar-refractivity contribution in [1.29, 1.82) is 0 Å². The van der Waals surface area contributed by atoms with Crippen LogP contribution in [0.15, 0.2) is 42.5 Å². The SMILES string of the molecule is CCOC(=O)[C@H](CCSC)NCCc1ccc2c(c1)CO/C2=C1/C(=O)Cc2ccccc21. The van der Waals surface area contributed by atoms with Gasteiger partial charge >= 0.3 is 5.97 Å². The van der Waals surface area contributed by atoms with Crippen molar-refractivity contribution in [2.75, 3.05) is 25.2 Å². The number of carbonyl (C=O) groups is 2. The summed E-state index contributed by atoms with van der Waals surface area (Å²) in [5.41, 5.74) is 6.05. The molecule has 1 heterocycles. The van der Waals surface area contributed by atoms with Crippen LogP contribution in [0.3, 0.4) is 0 Å². The van der Waals surface area contributed by atoms with Gasteiger partial charge in [-0.05, 0) is 55.0 Å². The number of hydrogen-bond acceptors (Lipinski definition) is 6. The van der Waals surface area contributed by atoms with Crippen LogP contribution in [0.4, 0.5) is 0 Å². The Morgan fingerprint density at radius 3 is 2.84 bits per heavy atom. The molecule has 0 spiro atoms. The number of rotatable bonds is 9. The quantitative estimate of drug-likeness (QED) is 0.459. The van der Waals surface area contributed by atoms with E-state index in [1.54, 1.807) is 11.8 Å². The molecule has 0 unspecified atom stereocenters. The standard InChI is InChI=1S/C26H29NO4S/c1-3-30-26(29)22(11-13-32-2)27-12-10-17-8-9-21-19(14-17)16-31-25(21)24-20-7-5-4-6-18(20)15-23(24)28/h4-9,14,22,27H,3,10-13,15-16H2,1-2H3/b25-24+/t22-/m0/s1. The van der Waals surface area contributed by atoms with Gasteiger partial charge in [0.2, 0.25) is 0 Å². The summed E-state index contributed by atoms with van der Waals surface area (Å²) in [5, 5.41) is 3.35. The first-order valence-corrected chi connectivity index (χ1v) is 12.5. The van der Waals surface area contributed by atoms with E-state index in [1.165, 1.54) is 5.56 Å². The second-order valence-electron chi connectivity index (χ2n) is 8.03. The molecular weight excluding hydrogens is 422 g/mol. The topological polar surface area (TPSA) is 64.6 Å². The summed E-state index contributed by atoms with van der Waals surface area (Å²) in [6, 6.07) is 14.0. The molecule has 1 N–H and O–H groups in total. The smallest absolute Gasteiger partial charge is 0.323 e. The molecule has 1 atom stereocenters. The lowest BCUT2D eigenvalue weighted by Gasteiger charge is -2.17. The van der Waals surface area contributed by atoms with Crippen LogP contribution in [0.5, 0.6) is 0 Å². The van der Waals surface area contributed by atoms with E-state index in [9.17, 15) is 9.59 Å². The van der Waals surface area contributed by atoms with E-state index in [0.29, 0.717) is 37.5 Å². The van der Waals surface area contributed by atoms with E-state index >= 15 is 0 Å². The van der Waals surface area contributed by atoms with Gasteiger partial charge in [0.25, 0.3) is 0 Å². The van der Waals surface area contributed by atoms with Gasteiger partial charge in [-0.1, -0.05) is 42.5 Å². The molecule has 0 saturated carbocycles. The molecule has 0 aromatic heterocycles. The first kappa shape index (κ1) is 22.6. The molecule has 0 saturated heterocycles. The summed E-state index contributed by atoms with van der Waals surface area (Å²) < 4.78 is 11.2. The van der Waals surface area contributed by atoms with E-state index < -0.39 is 0 Å². The predicted molar refractivity (Wildman–Crippen MR) is 128 cm³/mol. The zero-order valence-electron chi connectivity index (χ0n) is 18.6. The highest BCUT2D eigenvalue weighted by molar-refractivity contribution is 7.98. The third-order valence-corrected chi connectivity index (χ3v) is 6.56. The number of carbonyl (C=O) groups excluding carboxylic acids is 2. The minimum atomic E-state index is -0.273. The molecule has 168 valence electrons.